The highest BCUT2D eigenvalue weighted by atomic mass is 19.1. The van der Waals surface area contributed by atoms with Gasteiger partial charge in [0.2, 0.25) is 0 Å². The van der Waals surface area contributed by atoms with Crippen LogP contribution in [-0.4, -0.2) is 40.4 Å². The number of aromatic nitrogens is 2. The van der Waals surface area contributed by atoms with Crippen molar-refractivity contribution in [3.05, 3.63) is 47.2 Å². The van der Waals surface area contributed by atoms with E-state index in [1.165, 1.54) is 6.07 Å². The first-order chi connectivity index (χ1) is 13.0. The van der Waals surface area contributed by atoms with E-state index in [2.05, 4.69) is 19.9 Å². The van der Waals surface area contributed by atoms with Crippen molar-refractivity contribution in [1.82, 2.24) is 9.97 Å². The zero-order valence-electron chi connectivity index (χ0n) is 15.3. The van der Waals surface area contributed by atoms with Crippen molar-refractivity contribution in [2.75, 3.05) is 18.0 Å². The summed E-state index contributed by atoms with van der Waals surface area (Å²) in [5.74, 6) is 0.823. The van der Waals surface area contributed by atoms with Crippen LogP contribution in [0.4, 0.5) is 10.2 Å². The van der Waals surface area contributed by atoms with Crippen LogP contribution in [-0.2, 0) is 6.54 Å². The highest BCUT2D eigenvalue weighted by molar-refractivity contribution is 6.14. The van der Waals surface area contributed by atoms with Crippen molar-refractivity contribution < 1.29 is 9.13 Å². The topological polar surface area (TPSA) is 76.6 Å². The Morgan fingerprint density at radius 1 is 1.26 bits per heavy atom. The molecule has 2 fully saturated rings. The molecule has 3 heterocycles. The van der Waals surface area contributed by atoms with Crippen molar-refractivity contribution in [1.29, 1.82) is 0 Å². The number of rotatable bonds is 4. The second kappa shape index (κ2) is 5.99. The van der Waals surface area contributed by atoms with Gasteiger partial charge >= 0.3 is 0 Å². The van der Waals surface area contributed by atoms with Gasteiger partial charge in [-0.1, -0.05) is 0 Å². The fourth-order valence-electron chi connectivity index (χ4n) is 3.68. The molecule has 27 heavy (non-hydrogen) atoms. The van der Waals surface area contributed by atoms with Crippen LogP contribution in [0.1, 0.15) is 43.0 Å². The molecule has 7 heteroatoms. The van der Waals surface area contributed by atoms with Crippen LogP contribution in [0.5, 0.6) is 5.75 Å². The summed E-state index contributed by atoms with van der Waals surface area (Å²) in [4.78, 5) is 15.6. The minimum Gasteiger partial charge on any atom is -0.484 e. The Hall–Kier alpha value is -2.54. The molecular formula is C20H22FN5O. The van der Waals surface area contributed by atoms with Crippen LogP contribution in [0.25, 0.3) is 0 Å². The van der Waals surface area contributed by atoms with Crippen LogP contribution in [0.15, 0.2) is 29.5 Å². The van der Waals surface area contributed by atoms with E-state index in [0.717, 1.165) is 60.7 Å². The Labute approximate surface area is 157 Å². The number of anilines is 1. The number of ether oxygens (including phenoxy) is 1. The summed E-state index contributed by atoms with van der Waals surface area (Å²) < 4.78 is 20.3. The van der Waals surface area contributed by atoms with Gasteiger partial charge in [0.15, 0.2) is 11.6 Å². The first-order valence-electron chi connectivity index (χ1n) is 9.40. The average Bonchev–Trinajstić information content (AvgIpc) is 3.04. The van der Waals surface area contributed by atoms with Gasteiger partial charge in [-0.15, -0.1) is 0 Å². The fraction of sp³-hybridized carbons (Fsp3) is 0.450. The van der Waals surface area contributed by atoms with E-state index in [9.17, 15) is 4.39 Å². The Balaban J connectivity index is 1.47. The van der Waals surface area contributed by atoms with Gasteiger partial charge in [0.1, 0.15) is 17.7 Å². The molecule has 3 aliphatic rings. The van der Waals surface area contributed by atoms with Crippen LogP contribution >= 0.6 is 0 Å². The molecule has 0 radical (unpaired) electrons. The summed E-state index contributed by atoms with van der Waals surface area (Å²) in [6.07, 6.45) is 4.43. The largest absolute Gasteiger partial charge is 0.484 e. The molecule has 1 aromatic heterocycles. The van der Waals surface area contributed by atoms with Gasteiger partial charge in [-0.3, -0.25) is 4.99 Å². The lowest BCUT2D eigenvalue weighted by atomic mass is 10.0. The van der Waals surface area contributed by atoms with E-state index in [1.54, 1.807) is 12.4 Å². The van der Waals surface area contributed by atoms with Crippen molar-refractivity contribution in [3.8, 4) is 5.75 Å². The van der Waals surface area contributed by atoms with Crippen LogP contribution in [0.3, 0.4) is 0 Å². The van der Waals surface area contributed by atoms with E-state index in [-0.39, 0.29) is 17.5 Å². The lowest BCUT2D eigenvalue weighted by molar-refractivity contribution is 0.191. The van der Waals surface area contributed by atoms with Gasteiger partial charge in [-0.25, -0.2) is 14.4 Å². The van der Waals surface area contributed by atoms with Crippen molar-refractivity contribution in [2.45, 2.75) is 44.4 Å². The maximum Gasteiger partial charge on any atom is 0.165 e. The van der Waals surface area contributed by atoms with E-state index in [1.807, 2.05) is 13.0 Å². The molecule has 6 nitrogen and oxygen atoms in total. The third kappa shape index (κ3) is 3.06. The number of aliphatic imine (C=N–C) groups is 1. The average molecular weight is 367 g/mol. The summed E-state index contributed by atoms with van der Waals surface area (Å²) in [5, 5.41) is 0. The Morgan fingerprint density at radius 3 is 2.85 bits per heavy atom. The normalized spacial score (nSPS) is 22.6. The summed E-state index contributed by atoms with van der Waals surface area (Å²) in [6, 6.07) is 5.43. The Morgan fingerprint density at radius 2 is 2.11 bits per heavy atom. The summed E-state index contributed by atoms with van der Waals surface area (Å²) >= 11 is 0. The summed E-state index contributed by atoms with van der Waals surface area (Å²) in [7, 11) is 0. The van der Waals surface area contributed by atoms with E-state index in [4.69, 9.17) is 10.5 Å². The minimum atomic E-state index is -0.326. The molecule has 2 aromatic rings. The van der Waals surface area contributed by atoms with Gasteiger partial charge in [0, 0.05) is 30.8 Å². The number of hydrogen-bond donors (Lipinski definition) is 1. The highest BCUT2D eigenvalue weighted by Crippen LogP contribution is 2.41. The van der Waals surface area contributed by atoms with Crippen LogP contribution < -0.4 is 15.4 Å². The van der Waals surface area contributed by atoms with E-state index in [0.29, 0.717) is 12.3 Å². The fourth-order valence-corrected chi connectivity index (χ4v) is 3.68. The SMILES string of the molecule is CC1(Oc2cc3c(cc2F)CN=C3c2cc(N3CC[C@H](N)C3)ncn2)CC1. The van der Waals surface area contributed by atoms with Crippen LogP contribution in [0, 0.1) is 5.82 Å². The quantitative estimate of drug-likeness (QED) is 0.898. The first kappa shape index (κ1) is 16.6. The molecular weight excluding hydrogens is 345 g/mol. The molecule has 1 saturated heterocycles. The standard InChI is InChI=1S/C20H22FN5O/c1-20(3-4-20)27-17-7-14-12(6-15(17)21)9-23-19(14)16-8-18(25-11-24-16)26-5-2-13(22)10-26/h6-8,11,13H,2-5,9-10,22H2,1H3/t13-/m0/s1. The number of hydrogen-bond acceptors (Lipinski definition) is 6. The molecule has 1 aliphatic carbocycles. The third-order valence-corrected chi connectivity index (χ3v) is 5.57. The lowest BCUT2D eigenvalue weighted by Crippen LogP contribution is -2.27. The summed E-state index contributed by atoms with van der Waals surface area (Å²) in [5.41, 5.74) is 9.04. The number of nitrogens with zero attached hydrogens (tertiary/aromatic N) is 4. The van der Waals surface area contributed by atoms with Crippen molar-refractivity contribution in [3.63, 3.8) is 0 Å². The number of benzene rings is 1. The van der Waals surface area contributed by atoms with Crippen molar-refractivity contribution in [2.24, 2.45) is 10.7 Å². The zero-order valence-corrected chi connectivity index (χ0v) is 15.3. The predicted octanol–water partition coefficient (Wildman–Crippen LogP) is 2.44. The van der Waals surface area contributed by atoms with E-state index < -0.39 is 0 Å². The maximum atomic E-state index is 14.4. The van der Waals surface area contributed by atoms with Crippen LogP contribution in [0.2, 0.25) is 0 Å². The summed E-state index contributed by atoms with van der Waals surface area (Å²) in [6.45, 7) is 4.14. The maximum absolute atomic E-state index is 14.4. The van der Waals surface area contributed by atoms with Gasteiger partial charge in [-0.05, 0) is 43.9 Å². The molecule has 1 aromatic carbocycles. The van der Waals surface area contributed by atoms with E-state index >= 15 is 0 Å². The zero-order chi connectivity index (χ0) is 18.6. The van der Waals surface area contributed by atoms with Gasteiger partial charge in [-0.2, -0.15) is 0 Å². The molecule has 0 bridgehead atoms. The molecule has 1 saturated carbocycles. The smallest absolute Gasteiger partial charge is 0.165 e. The molecule has 1 atom stereocenters. The van der Waals surface area contributed by atoms with Gasteiger partial charge in [0.05, 0.1) is 18.0 Å². The molecule has 0 unspecified atom stereocenters. The van der Waals surface area contributed by atoms with Crippen molar-refractivity contribution >= 4 is 11.5 Å². The second-order valence-corrected chi connectivity index (χ2v) is 7.91. The highest BCUT2D eigenvalue weighted by Gasteiger charge is 2.41. The van der Waals surface area contributed by atoms with Gasteiger partial charge < -0.3 is 15.4 Å². The second-order valence-electron chi connectivity index (χ2n) is 7.91. The molecule has 2 aliphatic heterocycles. The molecule has 5 rings (SSSR count). The number of nitrogens with two attached hydrogens (primary N) is 1. The lowest BCUT2D eigenvalue weighted by Gasteiger charge is -2.17. The molecule has 2 N–H and O–H groups in total. The Bertz CT molecular complexity index is 940. The Kier molecular flexibility index (Phi) is 3.69. The first-order valence-corrected chi connectivity index (χ1v) is 9.40. The van der Waals surface area contributed by atoms with Gasteiger partial charge in [0.25, 0.3) is 0 Å². The number of halogens is 1. The monoisotopic (exact) mass is 367 g/mol. The minimum absolute atomic E-state index is 0.180. The molecule has 140 valence electrons. The molecule has 0 amide bonds. The molecule has 0 spiro atoms. The predicted molar refractivity (Wildman–Crippen MR) is 101 cm³/mol. The third-order valence-electron chi connectivity index (χ3n) is 5.57. The number of fused-ring (bicyclic) bond motifs is 1.